The van der Waals surface area contributed by atoms with Gasteiger partial charge in [-0.3, -0.25) is 9.63 Å². The molecule has 1 saturated heterocycles. The van der Waals surface area contributed by atoms with Gasteiger partial charge in [-0.25, -0.2) is 0 Å². The lowest BCUT2D eigenvalue weighted by Gasteiger charge is -2.67. The summed E-state index contributed by atoms with van der Waals surface area (Å²) in [5.41, 5.74) is 9.94. The van der Waals surface area contributed by atoms with Crippen molar-refractivity contribution in [2.75, 3.05) is 20.3 Å². The average Bonchev–Trinajstić information content (AvgIpc) is 3.30. The first-order chi connectivity index (χ1) is 22.1. The van der Waals surface area contributed by atoms with Crippen LogP contribution >= 0.6 is 0 Å². The molecule has 4 aliphatic carbocycles. The van der Waals surface area contributed by atoms with Crippen LogP contribution in [0, 0.1) is 51.2 Å². The van der Waals surface area contributed by atoms with Gasteiger partial charge in [0.25, 0.3) is 0 Å². The van der Waals surface area contributed by atoms with Gasteiger partial charge in [0, 0.05) is 23.8 Å². The molecule has 1 heterocycles. The van der Waals surface area contributed by atoms with Crippen molar-refractivity contribution in [3.05, 3.63) is 10.4 Å². The first kappa shape index (κ1) is 36.8. The highest BCUT2D eigenvalue weighted by atomic mass is 16.7. The van der Waals surface area contributed by atoms with Crippen LogP contribution in [0.15, 0.2) is 5.11 Å². The Morgan fingerprint density at radius 3 is 2.36 bits per heavy atom. The van der Waals surface area contributed by atoms with Crippen LogP contribution in [0.4, 0.5) is 0 Å². The molecule has 11 nitrogen and oxygen atoms in total. The van der Waals surface area contributed by atoms with E-state index < -0.39 is 37.2 Å². The number of nitrogens with zero attached hydrogens (tertiary/aromatic N) is 4. The lowest BCUT2D eigenvalue weighted by atomic mass is 9.38. The molecular weight excluding hydrogens is 600 g/mol. The second kappa shape index (κ2) is 13.7. The largest absolute Gasteiger partial charge is 0.462 e. The predicted octanol–water partition coefficient (Wildman–Crippen LogP) is 6.00. The van der Waals surface area contributed by atoms with Gasteiger partial charge in [0.1, 0.15) is 30.6 Å². The Bertz CT molecular complexity index is 1180. The summed E-state index contributed by atoms with van der Waals surface area (Å²) in [4.78, 5) is 20.5. The zero-order chi connectivity index (χ0) is 34.5. The first-order valence-electron chi connectivity index (χ1n) is 18.2. The van der Waals surface area contributed by atoms with Gasteiger partial charge in [0.2, 0.25) is 0 Å². The van der Waals surface area contributed by atoms with Crippen LogP contribution in [-0.2, 0) is 19.1 Å². The number of hydrogen-bond acceptors (Lipinski definition) is 9. The van der Waals surface area contributed by atoms with Crippen LogP contribution in [-0.4, -0.2) is 83.3 Å². The number of azide groups is 1. The monoisotopic (exact) mass is 662 g/mol. The molecule has 0 unspecified atom stereocenters. The van der Waals surface area contributed by atoms with Crippen LogP contribution < -0.4 is 0 Å². The minimum absolute atomic E-state index is 0.00668. The molecule has 0 spiro atoms. The maximum Gasteiger partial charge on any atom is 0.302 e. The standard InChI is InChI=1S/C36H62N4O7/c1-21(10-9-19-40(45-8)32-29(38-39-37)31(44)30(43)26(20-41)47-32)23-13-17-36(7)25-11-12-27-33(3,4)28(46-22(2)42)15-16-34(27,5)24(25)14-18-35(23,36)6/h21,23-32,41,43-44H,9-20H2,1-8H3/t21-,23-,24+,25-,26-,27+,28+,29-,30-,31-,32-,34-,35-,36+/m1/s1. The molecular formula is C36H62N4O7. The van der Waals surface area contributed by atoms with Gasteiger partial charge >= 0.3 is 5.97 Å². The molecule has 0 bridgehead atoms. The highest BCUT2D eigenvalue weighted by Crippen LogP contribution is 2.74. The van der Waals surface area contributed by atoms with E-state index >= 15 is 0 Å². The maximum absolute atomic E-state index is 11.9. The van der Waals surface area contributed by atoms with Crippen molar-refractivity contribution in [1.82, 2.24) is 5.06 Å². The molecule has 5 fully saturated rings. The van der Waals surface area contributed by atoms with Gasteiger partial charge in [-0.15, -0.1) is 0 Å². The Balaban J connectivity index is 1.25. The van der Waals surface area contributed by atoms with Crippen molar-refractivity contribution in [1.29, 1.82) is 0 Å². The summed E-state index contributed by atoms with van der Waals surface area (Å²) >= 11 is 0. The minimum atomic E-state index is -1.38. The number of rotatable bonds is 10. The molecule has 14 atom stereocenters. The molecule has 268 valence electrons. The van der Waals surface area contributed by atoms with E-state index in [1.807, 2.05) is 0 Å². The van der Waals surface area contributed by atoms with Crippen molar-refractivity contribution in [2.45, 2.75) is 149 Å². The summed E-state index contributed by atoms with van der Waals surface area (Å²) in [6.07, 6.45) is 6.81. The fraction of sp³-hybridized carbons (Fsp3) is 0.972. The van der Waals surface area contributed by atoms with E-state index in [2.05, 4.69) is 51.6 Å². The highest BCUT2D eigenvalue weighted by molar-refractivity contribution is 5.66. The Hall–Kier alpha value is -1.46. The molecule has 0 aromatic carbocycles. The third kappa shape index (κ3) is 6.04. The SMILES string of the molecule is CON(CCC[C@@H](C)[C@H]1CC[C@@]2(C)[C@@H]3CC[C@H]4C(C)(C)[C@@H](OC(C)=O)CC[C@]4(C)[C@H]3CC[C@]12C)[C@@H]1O[C@H](CO)[C@@H](O)[C@H](O)[C@H]1N=[N+]=[N-]. The Morgan fingerprint density at radius 2 is 1.72 bits per heavy atom. The second-order valence-corrected chi connectivity index (χ2v) is 17.2. The van der Waals surface area contributed by atoms with Gasteiger partial charge in [0.15, 0.2) is 0 Å². The number of hydrogen-bond donors (Lipinski definition) is 3. The van der Waals surface area contributed by atoms with Crippen LogP contribution in [0.25, 0.3) is 10.4 Å². The van der Waals surface area contributed by atoms with Crippen molar-refractivity contribution < 1.29 is 34.4 Å². The molecule has 0 aromatic rings. The molecule has 11 heteroatoms. The number of fused-ring (bicyclic) bond motifs is 5. The molecule has 47 heavy (non-hydrogen) atoms. The van der Waals surface area contributed by atoms with Crippen LogP contribution in [0.1, 0.15) is 113 Å². The summed E-state index contributed by atoms with van der Waals surface area (Å²) in [5, 5.41) is 36.0. The minimum Gasteiger partial charge on any atom is -0.462 e. The van der Waals surface area contributed by atoms with E-state index in [1.54, 1.807) is 12.0 Å². The first-order valence-corrected chi connectivity index (χ1v) is 18.2. The topological polar surface area (TPSA) is 157 Å². The van der Waals surface area contributed by atoms with Crippen LogP contribution in [0.5, 0.6) is 0 Å². The van der Waals surface area contributed by atoms with Crippen LogP contribution in [0.3, 0.4) is 0 Å². The zero-order valence-electron chi connectivity index (χ0n) is 30.1. The van der Waals surface area contributed by atoms with Crippen LogP contribution in [0.2, 0.25) is 0 Å². The van der Waals surface area contributed by atoms with E-state index in [4.69, 9.17) is 19.8 Å². The number of esters is 1. The van der Waals surface area contributed by atoms with Gasteiger partial charge in [-0.05, 0) is 116 Å². The number of aliphatic hydroxyl groups is 3. The summed E-state index contributed by atoms with van der Waals surface area (Å²) in [5.74, 6) is 2.97. The fourth-order valence-electron chi connectivity index (χ4n) is 12.4. The molecule has 3 N–H and O–H groups in total. The molecule has 0 amide bonds. The lowest BCUT2D eigenvalue weighted by molar-refractivity contribution is -0.301. The molecule has 5 aliphatic rings. The lowest BCUT2D eigenvalue weighted by Crippen LogP contribution is -2.62. The zero-order valence-corrected chi connectivity index (χ0v) is 30.1. The average molecular weight is 663 g/mol. The van der Waals surface area contributed by atoms with Gasteiger partial charge in [-0.2, -0.15) is 5.06 Å². The summed E-state index contributed by atoms with van der Waals surface area (Å²) < 4.78 is 11.8. The fourth-order valence-corrected chi connectivity index (χ4v) is 12.4. The van der Waals surface area contributed by atoms with Crippen molar-refractivity contribution >= 4 is 5.97 Å². The van der Waals surface area contributed by atoms with E-state index in [-0.39, 0.29) is 28.3 Å². The van der Waals surface area contributed by atoms with Gasteiger partial charge in [-0.1, -0.05) is 46.7 Å². The quantitative estimate of drug-likeness (QED) is 0.0845. The van der Waals surface area contributed by atoms with E-state index in [9.17, 15) is 20.1 Å². The summed E-state index contributed by atoms with van der Waals surface area (Å²) in [7, 11) is 1.52. The van der Waals surface area contributed by atoms with E-state index in [1.165, 1.54) is 45.6 Å². The molecule has 0 aromatic heterocycles. The third-order valence-corrected chi connectivity index (χ3v) is 15.1. The normalized spacial score (nSPS) is 46.5. The number of aliphatic hydroxyl groups excluding tert-OH is 3. The van der Waals surface area contributed by atoms with Gasteiger partial charge < -0.3 is 24.8 Å². The van der Waals surface area contributed by atoms with Crippen molar-refractivity contribution in [2.24, 2.45) is 56.4 Å². The Kier molecular flexibility index (Phi) is 10.7. The molecule has 1 aliphatic heterocycles. The van der Waals surface area contributed by atoms with Crippen molar-refractivity contribution in [3.63, 3.8) is 0 Å². The smallest absolute Gasteiger partial charge is 0.302 e. The molecule has 4 saturated carbocycles. The van der Waals surface area contributed by atoms with E-state index in [0.29, 0.717) is 41.5 Å². The number of carbonyl (C=O) groups is 1. The molecule has 0 radical (unpaired) electrons. The summed E-state index contributed by atoms with van der Waals surface area (Å²) in [6, 6.07) is -1.07. The second-order valence-electron chi connectivity index (χ2n) is 17.2. The number of ether oxygens (including phenoxy) is 2. The van der Waals surface area contributed by atoms with Gasteiger partial charge in [0.05, 0.1) is 19.8 Å². The predicted molar refractivity (Wildman–Crippen MR) is 177 cm³/mol. The van der Waals surface area contributed by atoms with E-state index in [0.717, 1.165) is 25.7 Å². The summed E-state index contributed by atoms with van der Waals surface area (Å²) in [6.45, 7) is 16.5. The number of hydroxylamine groups is 2. The third-order valence-electron chi connectivity index (χ3n) is 15.1. The van der Waals surface area contributed by atoms with Crippen molar-refractivity contribution in [3.8, 4) is 0 Å². The highest BCUT2D eigenvalue weighted by Gasteiger charge is 2.67. The maximum atomic E-state index is 11.9. The molecule has 5 rings (SSSR count). The Labute approximate surface area is 281 Å². The Morgan fingerprint density at radius 1 is 1.02 bits per heavy atom. The number of carbonyl (C=O) groups excluding carboxylic acids is 1.